The minimum atomic E-state index is 0.348. The molecule has 1 aromatic carbocycles. The van der Waals surface area contributed by atoms with Crippen LogP contribution < -0.4 is 11.3 Å². The zero-order valence-corrected chi connectivity index (χ0v) is 6.17. The topological polar surface area (TPSA) is 39.7 Å². The van der Waals surface area contributed by atoms with Crippen LogP contribution in [0.2, 0.25) is 0 Å². The normalized spacial score (nSPS) is 13.0. The Kier molecular flexibility index (Phi) is 2.42. The molecule has 1 rings (SSSR count). The zero-order chi connectivity index (χ0) is 7.40. The molecule has 0 bridgehead atoms. The van der Waals surface area contributed by atoms with E-state index >= 15 is 0 Å². The Labute approximate surface area is 61.0 Å². The van der Waals surface area contributed by atoms with Gasteiger partial charge in [0, 0.05) is 0 Å². The van der Waals surface area contributed by atoms with Crippen LogP contribution in [-0.2, 0) is 0 Å². The van der Waals surface area contributed by atoms with Gasteiger partial charge >= 0.3 is 0 Å². The number of hydrogen-bond donors (Lipinski definition) is 2. The maximum absolute atomic E-state index is 3.61. The second kappa shape index (κ2) is 3.34. The van der Waals surface area contributed by atoms with Gasteiger partial charge in [-0.1, -0.05) is 30.3 Å². The molecule has 0 aliphatic carbocycles. The number of quaternary nitrogens is 1. The van der Waals surface area contributed by atoms with E-state index in [1.165, 1.54) is 5.56 Å². The van der Waals surface area contributed by atoms with Gasteiger partial charge in [-0.25, -0.2) is 0 Å². The minimum Gasteiger partial charge on any atom is -0.280 e. The molecule has 4 N–H and O–H groups in total. The summed E-state index contributed by atoms with van der Waals surface area (Å²) < 4.78 is 0. The number of benzene rings is 1. The van der Waals surface area contributed by atoms with Crippen molar-refractivity contribution in [2.45, 2.75) is 13.0 Å². The highest BCUT2D eigenvalue weighted by atomic mass is 15.2. The second-order valence-electron chi connectivity index (χ2n) is 2.34. The fourth-order valence-electron chi connectivity index (χ4n) is 0.860. The van der Waals surface area contributed by atoms with Gasteiger partial charge in [-0.2, -0.15) is 5.43 Å². The van der Waals surface area contributed by atoms with E-state index in [0.717, 1.165) is 0 Å². The maximum Gasteiger partial charge on any atom is 0.0775 e. The molecular weight excluding hydrogens is 124 g/mol. The molecule has 0 aliphatic heterocycles. The molecule has 0 spiro atoms. The van der Waals surface area contributed by atoms with Crippen molar-refractivity contribution >= 4 is 0 Å². The summed E-state index contributed by atoms with van der Waals surface area (Å²) in [7, 11) is 0. The van der Waals surface area contributed by atoms with Gasteiger partial charge in [-0.3, -0.25) is 5.84 Å². The Bertz CT molecular complexity index is 184. The van der Waals surface area contributed by atoms with Crippen molar-refractivity contribution in [1.82, 2.24) is 5.43 Å². The molecule has 10 heavy (non-hydrogen) atoms. The number of nitrogens with one attached hydrogen (secondary N) is 1. The quantitative estimate of drug-likeness (QED) is 0.572. The van der Waals surface area contributed by atoms with E-state index in [0.29, 0.717) is 6.04 Å². The van der Waals surface area contributed by atoms with Crippen molar-refractivity contribution < 1.29 is 5.84 Å². The van der Waals surface area contributed by atoms with E-state index in [4.69, 9.17) is 0 Å². The fourth-order valence-corrected chi connectivity index (χ4v) is 0.860. The molecule has 2 heteroatoms. The molecule has 2 nitrogen and oxygen atoms in total. The third-order valence-electron chi connectivity index (χ3n) is 1.61. The molecule has 0 heterocycles. The van der Waals surface area contributed by atoms with Crippen molar-refractivity contribution in [3.63, 3.8) is 0 Å². The largest absolute Gasteiger partial charge is 0.280 e. The number of rotatable bonds is 2. The summed E-state index contributed by atoms with van der Waals surface area (Å²) in [6.45, 7) is 2.09. The standard InChI is InChI=1S/C8H12N2/c1-7(10-9)8-5-3-2-4-6-8/h2-7,10H,9H2,1H3/p+1. The van der Waals surface area contributed by atoms with Crippen LogP contribution in [0.25, 0.3) is 0 Å². The smallest absolute Gasteiger partial charge is 0.0775 e. The Hall–Kier alpha value is -0.860. The van der Waals surface area contributed by atoms with Crippen molar-refractivity contribution in [2.24, 2.45) is 0 Å². The highest BCUT2D eigenvalue weighted by molar-refractivity contribution is 5.17. The van der Waals surface area contributed by atoms with Gasteiger partial charge in [0.1, 0.15) is 0 Å². The lowest BCUT2D eigenvalue weighted by Crippen LogP contribution is -2.65. The van der Waals surface area contributed by atoms with Crippen LogP contribution >= 0.6 is 0 Å². The van der Waals surface area contributed by atoms with Crippen LogP contribution in [0.4, 0.5) is 0 Å². The third-order valence-corrected chi connectivity index (χ3v) is 1.61. The molecule has 0 amide bonds. The average Bonchev–Trinajstić information content (AvgIpc) is 2.05. The Morgan fingerprint density at radius 1 is 1.30 bits per heavy atom. The summed E-state index contributed by atoms with van der Waals surface area (Å²) in [6.07, 6.45) is 0. The van der Waals surface area contributed by atoms with E-state index in [-0.39, 0.29) is 0 Å². The molecular formula is C8H13N2+. The van der Waals surface area contributed by atoms with Crippen molar-refractivity contribution in [2.75, 3.05) is 0 Å². The van der Waals surface area contributed by atoms with Gasteiger partial charge in [0.25, 0.3) is 0 Å². The molecule has 0 fully saturated rings. The average molecular weight is 137 g/mol. The van der Waals surface area contributed by atoms with Gasteiger partial charge in [0.2, 0.25) is 0 Å². The SMILES string of the molecule is CC(N[NH3+])c1ccccc1. The minimum absolute atomic E-state index is 0.348. The Balaban J connectivity index is 2.75. The lowest BCUT2D eigenvalue weighted by Gasteiger charge is -2.05. The van der Waals surface area contributed by atoms with Crippen molar-refractivity contribution in [3.05, 3.63) is 35.9 Å². The lowest BCUT2D eigenvalue weighted by molar-refractivity contribution is -0.452. The zero-order valence-electron chi connectivity index (χ0n) is 6.17. The first kappa shape index (κ1) is 7.25. The Morgan fingerprint density at radius 2 is 1.90 bits per heavy atom. The second-order valence-corrected chi connectivity index (χ2v) is 2.34. The van der Waals surface area contributed by atoms with Crippen LogP contribution in [0.5, 0.6) is 0 Å². The molecule has 54 valence electrons. The van der Waals surface area contributed by atoms with E-state index in [1.54, 1.807) is 0 Å². The lowest BCUT2D eigenvalue weighted by atomic mass is 10.1. The molecule has 0 radical (unpaired) electrons. The van der Waals surface area contributed by atoms with Gasteiger partial charge in [0.15, 0.2) is 0 Å². The first-order chi connectivity index (χ1) is 4.84. The summed E-state index contributed by atoms with van der Waals surface area (Å²) >= 11 is 0. The summed E-state index contributed by atoms with van der Waals surface area (Å²) in [6, 6.07) is 10.6. The summed E-state index contributed by atoms with van der Waals surface area (Å²) in [5.41, 5.74) is 4.21. The molecule has 0 saturated heterocycles. The molecule has 1 atom stereocenters. The van der Waals surface area contributed by atoms with Gasteiger partial charge < -0.3 is 0 Å². The van der Waals surface area contributed by atoms with Gasteiger partial charge in [-0.05, 0) is 12.5 Å². The molecule has 0 aliphatic rings. The fraction of sp³-hybridized carbons (Fsp3) is 0.250. The van der Waals surface area contributed by atoms with Crippen LogP contribution in [-0.4, -0.2) is 0 Å². The molecule has 1 aromatic rings. The van der Waals surface area contributed by atoms with E-state index in [2.05, 4.69) is 30.3 Å². The predicted molar refractivity (Wildman–Crippen MR) is 40.9 cm³/mol. The van der Waals surface area contributed by atoms with E-state index < -0.39 is 0 Å². The van der Waals surface area contributed by atoms with Crippen LogP contribution in [0, 0.1) is 0 Å². The maximum atomic E-state index is 3.61. The number of hydrogen-bond acceptors (Lipinski definition) is 1. The van der Waals surface area contributed by atoms with E-state index in [9.17, 15) is 0 Å². The van der Waals surface area contributed by atoms with Gasteiger partial charge in [-0.15, -0.1) is 0 Å². The van der Waals surface area contributed by atoms with Crippen LogP contribution in [0.1, 0.15) is 18.5 Å². The van der Waals surface area contributed by atoms with Crippen molar-refractivity contribution in [3.8, 4) is 0 Å². The highest BCUT2D eigenvalue weighted by Gasteiger charge is 2.00. The first-order valence-electron chi connectivity index (χ1n) is 3.42. The summed E-state index contributed by atoms with van der Waals surface area (Å²) in [5, 5.41) is 0. The molecule has 0 aromatic heterocycles. The van der Waals surface area contributed by atoms with Crippen LogP contribution in [0.3, 0.4) is 0 Å². The first-order valence-corrected chi connectivity index (χ1v) is 3.42. The monoisotopic (exact) mass is 137 g/mol. The highest BCUT2D eigenvalue weighted by Crippen LogP contribution is 2.08. The predicted octanol–water partition coefficient (Wildman–Crippen LogP) is 0.494. The molecule has 0 saturated carbocycles. The molecule has 1 unspecified atom stereocenters. The summed E-state index contributed by atoms with van der Waals surface area (Å²) in [4.78, 5) is 0. The Morgan fingerprint density at radius 3 is 2.40 bits per heavy atom. The van der Waals surface area contributed by atoms with Crippen LogP contribution in [0.15, 0.2) is 30.3 Å². The summed E-state index contributed by atoms with van der Waals surface area (Å²) in [5.74, 6) is 3.61. The van der Waals surface area contributed by atoms with E-state index in [1.807, 2.05) is 18.2 Å². The van der Waals surface area contributed by atoms with Crippen molar-refractivity contribution in [1.29, 1.82) is 0 Å². The third kappa shape index (κ3) is 1.56. The van der Waals surface area contributed by atoms with Gasteiger partial charge in [0.05, 0.1) is 6.04 Å².